The number of carbonyl (C=O) groups excluding carboxylic acids is 1. The molecule has 1 atom stereocenters. The van der Waals surface area contributed by atoms with Gasteiger partial charge in [0, 0.05) is 18.7 Å². The first kappa shape index (κ1) is 19.0. The molecule has 0 spiro atoms. The number of halogens is 4. The first-order valence-corrected chi connectivity index (χ1v) is 8.62. The Morgan fingerprint density at radius 1 is 1.21 bits per heavy atom. The molecule has 12 heteroatoms. The second kappa shape index (κ2) is 6.94. The lowest BCUT2D eigenvalue weighted by molar-refractivity contribution is -0.128. The number of carbonyl (C=O) groups is 1. The summed E-state index contributed by atoms with van der Waals surface area (Å²) in [7, 11) is 0. The fourth-order valence-corrected chi connectivity index (χ4v) is 3.18. The Morgan fingerprint density at radius 3 is 2.62 bits per heavy atom. The third-order valence-electron chi connectivity index (χ3n) is 4.56. The molecule has 1 aliphatic heterocycles. The predicted molar refractivity (Wildman–Crippen MR) is 88.9 cm³/mol. The maximum Gasteiger partial charge on any atom is 0.396 e. The highest BCUT2D eigenvalue weighted by atomic mass is 19.4. The van der Waals surface area contributed by atoms with Crippen molar-refractivity contribution in [3.8, 4) is 11.7 Å². The average Bonchev–Trinajstić information content (AvgIpc) is 3.27. The summed E-state index contributed by atoms with van der Waals surface area (Å²) < 4.78 is 57.1. The molecule has 3 heterocycles. The van der Waals surface area contributed by atoms with E-state index in [1.54, 1.807) is 16.4 Å². The molecular weight excluding hydrogens is 396 g/mol. The van der Waals surface area contributed by atoms with E-state index < -0.39 is 30.3 Å². The normalized spacial score (nSPS) is 16.7. The highest BCUT2D eigenvalue weighted by Crippen LogP contribution is 2.29. The molecule has 0 fully saturated rings. The van der Waals surface area contributed by atoms with Crippen LogP contribution in [0, 0.1) is 5.82 Å². The Hall–Kier alpha value is -3.31. The minimum Gasteiger partial charge on any atom is -0.330 e. The lowest BCUT2D eigenvalue weighted by Crippen LogP contribution is -2.41. The SMILES string of the molecule is CC1c2nnc(-c3nc(CC(F)(F)F)no3)n2CCN1C(=O)c1ccc(F)cc1. The molecule has 4 rings (SSSR count). The van der Waals surface area contributed by atoms with Crippen LogP contribution in [0.15, 0.2) is 28.8 Å². The molecule has 0 saturated carbocycles. The van der Waals surface area contributed by atoms with E-state index in [2.05, 4.69) is 20.3 Å². The van der Waals surface area contributed by atoms with Crippen LogP contribution in [-0.4, -0.2) is 48.4 Å². The molecule has 0 radical (unpaired) electrons. The van der Waals surface area contributed by atoms with E-state index in [1.807, 2.05) is 0 Å². The van der Waals surface area contributed by atoms with Gasteiger partial charge in [0.2, 0.25) is 5.82 Å². The van der Waals surface area contributed by atoms with E-state index in [-0.39, 0.29) is 24.2 Å². The third kappa shape index (κ3) is 3.69. The van der Waals surface area contributed by atoms with Gasteiger partial charge in [-0.2, -0.15) is 18.2 Å². The van der Waals surface area contributed by atoms with Crippen molar-refractivity contribution < 1.29 is 26.9 Å². The number of benzene rings is 1. The van der Waals surface area contributed by atoms with Gasteiger partial charge in [-0.3, -0.25) is 4.79 Å². The number of fused-ring (bicyclic) bond motifs is 1. The second-order valence-corrected chi connectivity index (χ2v) is 6.52. The monoisotopic (exact) mass is 410 g/mol. The zero-order chi connectivity index (χ0) is 20.8. The van der Waals surface area contributed by atoms with Crippen molar-refractivity contribution in [2.45, 2.75) is 32.1 Å². The molecule has 0 aliphatic carbocycles. The van der Waals surface area contributed by atoms with Gasteiger partial charge in [0.25, 0.3) is 11.8 Å². The van der Waals surface area contributed by atoms with Crippen LogP contribution in [0.4, 0.5) is 17.6 Å². The third-order valence-corrected chi connectivity index (χ3v) is 4.56. The first-order chi connectivity index (χ1) is 13.7. The Morgan fingerprint density at radius 2 is 1.93 bits per heavy atom. The number of nitrogens with zero attached hydrogens (tertiary/aromatic N) is 6. The zero-order valence-electron chi connectivity index (χ0n) is 15.0. The Balaban J connectivity index is 1.57. The highest BCUT2D eigenvalue weighted by molar-refractivity contribution is 5.94. The van der Waals surface area contributed by atoms with Gasteiger partial charge < -0.3 is 14.0 Å². The van der Waals surface area contributed by atoms with Crippen LogP contribution in [0.1, 0.15) is 35.0 Å². The van der Waals surface area contributed by atoms with Gasteiger partial charge in [-0.1, -0.05) is 5.16 Å². The smallest absolute Gasteiger partial charge is 0.330 e. The van der Waals surface area contributed by atoms with Gasteiger partial charge in [0.1, 0.15) is 12.2 Å². The van der Waals surface area contributed by atoms with Gasteiger partial charge in [-0.15, -0.1) is 10.2 Å². The van der Waals surface area contributed by atoms with Gasteiger partial charge >= 0.3 is 6.18 Å². The Bertz CT molecular complexity index is 1040. The van der Waals surface area contributed by atoms with E-state index in [9.17, 15) is 22.4 Å². The Kier molecular flexibility index (Phi) is 4.55. The van der Waals surface area contributed by atoms with Crippen molar-refractivity contribution in [2.75, 3.05) is 6.54 Å². The number of rotatable bonds is 3. The summed E-state index contributed by atoms with van der Waals surface area (Å²) in [6.07, 6.45) is -5.77. The molecule has 8 nitrogen and oxygen atoms in total. The molecule has 152 valence electrons. The second-order valence-electron chi connectivity index (χ2n) is 6.52. The van der Waals surface area contributed by atoms with Crippen LogP contribution >= 0.6 is 0 Å². The summed E-state index contributed by atoms with van der Waals surface area (Å²) in [6.45, 7) is 2.32. The van der Waals surface area contributed by atoms with Gasteiger partial charge in [0.05, 0.1) is 6.04 Å². The molecule has 0 saturated heterocycles. The summed E-state index contributed by atoms with van der Waals surface area (Å²) >= 11 is 0. The maximum atomic E-state index is 13.1. The van der Waals surface area contributed by atoms with Crippen LogP contribution in [0.2, 0.25) is 0 Å². The van der Waals surface area contributed by atoms with Gasteiger partial charge in [-0.25, -0.2) is 4.39 Å². The van der Waals surface area contributed by atoms with E-state index in [4.69, 9.17) is 4.52 Å². The molecule has 1 unspecified atom stereocenters. The van der Waals surface area contributed by atoms with Crippen molar-refractivity contribution in [1.82, 2.24) is 29.8 Å². The molecule has 1 aliphatic rings. The topological polar surface area (TPSA) is 89.9 Å². The quantitative estimate of drug-likeness (QED) is 0.617. The molecule has 29 heavy (non-hydrogen) atoms. The van der Waals surface area contributed by atoms with E-state index >= 15 is 0 Å². The molecule has 0 bridgehead atoms. The van der Waals surface area contributed by atoms with E-state index in [0.717, 1.165) is 0 Å². The molecule has 3 aromatic rings. The fourth-order valence-electron chi connectivity index (χ4n) is 3.18. The molecule has 2 aromatic heterocycles. The van der Waals surface area contributed by atoms with Gasteiger partial charge in [0.15, 0.2) is 11.6 Å². The number of hydrogen-bond acceptors (Lipinski definition) is 6. The lowest BCUT2D eigenvalue weighted by Gasteiger charge is -2.33. The average molecular weight is 410 g/mol. The molecule has 1 amide bonds. The molecule has 1 aromatic carbocycles. The standard InChI is InChI=1S/C17H14F4N6O2/c1-9-13-23-24-14(15-22-12(25-29-15)8-17(19,20)21)27(13)7-6-26(9)16(28)10-2-4-11(18)5-3-10/h2-5,9H,6-8H2,1H3. The lowest BCUT2D eigenvalue weighted by atomic mass is 10.1. The van der Waals surface area contributed by atoms with Crippen LogP contribution in [0.25, 0.3) is 11.7 Å². The van der Waals surface area contributed by atoms with Crippen molar-refractivity contribution in [2.24, 2.45) is 0 Å². The minimum absolute atomic E-state index is 0.140. The molecular formula is C17H14F4N6O2. The predicted octanol–water partition coefficient (Wildman–Crippen LogP) is 2.79. The summed E-state index contributed by atoms with van der Waals surface area (Å²) in [5.74, 6) is -0.838. The van der Waals surface area contributed by atoms with Crippen molar-refractivity contribution in [3.63, 3.8) is 0 Å². The van der Waals surface area contributed by atoms with Gasteiger partial charge in [-0.05, 0) is 31.2 Å². The van der Waals surface area contributed by atoms with Crippen molar-refractivity contribution in [1.29, 1.82) is 0 Å². The number of hydrogen-bond donors (Lipinski definition) is 0. The zero-order valence-corrected chi connectivity index (χ0v) is 15.0. The number of aromatic nitrogens is 5. The van der Waals surface area contributed by atoms with Crippen molar-refractivity contribution in [3.05, 3.63) is 47.3 Å². The van der Waals surface area contributed by atoms with Crippen molar-refractivity contribution >= 4 is 5.91 Å². The van der Waals surface area contributed by atoms with Crippen LogP contribution in [0.3, 0.4) is 0 Å². The van der Waals surface area contributed by atoms with Crippen LogP contribution in [-0.2, 0) is 13.0 Å². The van der Waals surface area contributed by atoms with E-state index in [1.165, 1.54) is 24.3 Å². The Labute approximate surface area is 161 Å². The van der Waals surface area contributed by atoms with Crippen LogP contribution in [0.5, 0.6) is 0 Å². The summed E-state index contributed by atoms with van der Waals surface area (Å²) in [5, 5.41) is 11.3. The first-order valence-electron chi connectivity index (χ1n) is 8.62. The van der Waals surface area contributed by atoms with E-state index in [0.29, 0.717) is 17.9 Å². The summed E-state index contributed by atoms with van der Waals surface area (Å²) in [5.41, 5.74) is 0.333. The number of alkyl halides is 3. The number of amides is 1. The summed E-state index contributed by atoms with van der Waals surface area (Å²) in [6, 6.07) is 4.73. The van der Waals surface area contributed by atoms with Crippen LogP contribution < -0.4 is 0 Å². The largest absolute Gasteiger partial charge is 0.396 e. The fraction of sp³-hybridized carbons (Fsp3) is 0.353. The summed E-state index contributed by atoms with van der Waals surface area (Å²) in [4.78, 5) is 18.0. The molecule has 0 N–H and O–H groups in total. The highest BCUT2D eigenvalue weighted by Gasteiger charge is 2.34. The maximum absolute atomic E-state index is 13.1. The minimum atomic E-state index is -4.46.